The molecule has 0 saturated heterocycles. The van der Waals surface area contributed by atoms with Crippen LogP contribution in [0.1, 0.15) is 66.2 Å². The number of allylic oxidation sites excluding steroid dienone is 3. The second-order valence-electron chi connectivity index (χ2n) is 9.34. The number of Topliss-reactive ketones (excluding diaryl/α,β-unsaturated/α-hetero) is 1. The lowest BCUT2D eigenvalue weighted by Crippen LogP contribution is -2.62. The van der Waals surface area contributed by atoms with Crippen LogP contribution < -0.4 is 0 Å². The van der Waals surface area contributed by atoms with Crippen LogP contribution in [0.5, 0.6) is 0 Å². The summed E-state index contributed by atoms with van der Waals surface area (Å²) in [6.07, 6.45) is 7.09. The Kier molecular flexibility index (Phi) is 4.00. The van der Waals surface area contributed by atoms with Crippen molar-refractivity contribution in [2.75, 3.05) is 6.61 Å². The molecule has 1 heterocycles. The van der Waals surface area contributed by atoms with Crippen LogP contribution in [0.15, 0.2) is 35.3 Å². The molecule has 4 rings (SSSR count). The van der Waals surface area contributed by atoms with Crippen molar-refractivity contribution in [1.29, 1.82) is 0 Å². The number of rotatable bonds is 2. The normalized spacial score (nSPS) is 41.3. The number of carbonyl (C=O) groups is 2. The summed E-state index contributed by atoms with van der Waals surface area (Å²) in [4.78, 5) is 25.7. The van der Waals surface area contributed by atoms with E-state index < -0.39 is 5.60 Å². The summed E-state index contributed by atoms with van der Waals surface area (Å²) in [7, 11) is 0. The van der Waals surface area contributed by atoms with Gasteiger partial charge in [0.1, 0.15) is 5.60 Å². The van der Waals surface area contributed by atoms with E-state index in [2.05, 4.69) is 27.4 Å². The monoisotopic (exact) mass is 370 g/mol. The number of ketones is 2. The smallest absolute Gasteiger partial charge is 0.227 e. The minimum atomic E-state index is -0.444. The Labute approximate surface area is 161 Å². The van der Waals surface area contributed by atoms with Crippen molar-refractivity contribution in [3.8, 4) is 0 Å². The zero-order chi connectivity index (χ0) is 19.6. The third-order valence-corrected chi connectivity index (χ3v) is 8.08. The second-order valence-corrected chi connectivity index (χ2v) is 9.34. The molecular weight excluding hydrogens is 340 g/mol. The Hall–Kier alpha value is -1.84. The molecule has 2 saturated carbocycles. The fourth-order valence-electron chi connectivity index (χ4n) is 6.15. The van der Waals surface area contributed by atoms with E-state index in [0.717, 1.165) is 32.1 Å². The molecule has 0 aromatic carbocycles. The molecule has 0 amide bonds. The van der Waals surface area contributed by atoms with Gasteiger partial charge in [0.25, 0.3) is 0 Å². The molecule has 0 spiro atoms. The summed E-state index contributed by atoms with van der Waals surface area (Å²) >= 11 is 0. The van der Waals surface area contributed by atoms with Gasteiger partial charge in [0.15, 0.2) is 11.5 Å². The third-order valence-electron chi connectivity index (χ3n) is 8.08. The van der Waals surface area contributed by atoms with Gasteiger partial charge < -0.3 is 9.47 Å². The maximum Gasteiger partial charge on any atom is 0.227 e. The van der Waals surface area contributed by atoms with E-state index in [9.17, 15) is 9.59 Å². The van der Waals surface area contributed by atoms with Crippen molar-refractivity contribution >= 4 is 11.6 Å². The van der Waals surface area contributed by atoms with Gasteiger partial charge in [0, 0.05) is 11.5 Å². The molecular formula is C23H30O4. The maximum atomic E-state index is 13.0. The van der Waals surface area contributed by atoms with E-state index in [1.807, 2.05) is 6.92 Å². The zero-order valence-corrected chi connectivity index (χ0v) is 16.9. The van der Waals surface area contributed by atoms with Crippen molar-refractivity contribution in [2.24, 2.45) is 16.7 Å². The van der Waals surface area contributed by atoms with Crippen LogP contribution in [0, 0.1) is 16.7 Å². The zero-order valence-electron chi connectivity index (χ0n) is 16.9. The minimum absolute atomic E-state index is 0.0776. The van der Waals surface area contributed by atoms with E-state index in [1.54, 1.807) is 0 Å². The second kappa shape index (κ2) is 5.83. The van der Waals surface area contributed by atoms with Crippen LogP contribution in [0.25, 0.3) is 0 Å². The molecule has 0 aromatic rings. The highest BCUT2D eigenvalue weighted by molar-refractivity contribution is 6.21. The topological polar surface area (TPSA) is 52.6 Å². The Bertz CT molecular complexity index is 803. The average Bonchev–Trinajstić information content (AvgIpc) is 2.61. The summed E-state index contributed by atoms with van der Waals surface area (Å²) in [6.45, 7) is 13.3. The summed E-state index contributed by atoms with van der Waals surface area (Å²) < 4.78 is 11.8. The van der Waals surface area contributed by atoms with Crippen molar-refractivity contribution in [2.45, 2.75) is 71.8 Å². The first-order valence-electron chi connectivity index (χ1n) is 10.2. The highest BCUT2D eigenvalue weighted by atomic mass is 16.5. The average molecular weight is 370 g/mol. The van der Waals surface area contributed by atoms with Crippen molar-refractivity contribution in [3.63, 3.8) is 0 Å². The van der Waals surface area contributed by atoms with Gasteiger partial charge in [-0.05, 0) is 63.7 Å². The van der Waals surface area contributed by atoms with E-state index in [4.69, 9.17) is 9.47 Å². The SMILES string of the molecule is C=C1CCC[C@H]2[C@]3(C)CC4=C(O[C@]3(C)CC[C@]12C)C(=O)C=C(OCC)C4=O. The first kappa shape index (κ1) is 18.5. The Balaban J connectivity index is 1.78. The Morgan fingerprint density at radius 1 is 1.26 bits per heavy atom. The minimum Gasteiger partial charge on any atom is -0.490 e. The van der Waals surface area contributed by atoms with Gasteiger partial charge in [-0.1, -0.05) is 26.0 Å². The van der Waals surface area contributed by atoms with Crippen LogP contribution in [0.2, 0.25) is 0 Å². The summed E-state index contributed by atoms with van der Waals surface area (Å²) in [5.74, 6) is 0.378. The molecule has 0 aromatic heterocycles. The lowest BCUT2D eigenvalue weighted by molar-refractivity contribution is -0.192. The van der Waals surface area contributed by atoms with E-state index in [-0.39, 0.29) is 33.9 Å². The number of hydrogen-bond acceptors (Lipinski definition) is 4. The number of carbonyl (C=O) groups excluding carboxylic acids is 2. The molecule has 0 N–H and O–H groups in total. The predicted molar refractivity (Wildman–Crippen MR) is 103 cm³/mol. The van der Waals surface area contributed by atoms with Crippen LogP contribution in [0.3, 0.4) is 0 Å². The Morgan fingerprint density at radius 2 is 2.00 bits per heavy atom. The lowest BCUT2D eigenvalue weighted by Gasteiger charge is -2.64. The fourth-order valence-corrected chi connectivity index (χ4v) is 6.15. The quantitative estimate of drug-likeness (QED) is 0.524. The summed E-state index contributed by atoms with van der Waals surface area (Å²) in [6, 6.07) is 0. The van der Waals surface area contributed by atoms with Gasteiger partial charge in [0.2, 0.25) is 11.6 Å². The molecule has 0 unspecified atom stereocenters. The van der Waals surface area contributed by atoms with Crippen molar-refractivity contribution in [3.05, 3.63) is 35.3 Å². The molecule has 27 heavy (non-hydrogen) atoms. The number of fused-ring (bicyclic) bond motifs is 3. The first-order valence-corrected chi connectivity index (χ1v) is 10.2. The molecule has 2 fully saturated rings. The number of hydrogen-bond donors (Lipinski definition) is 0. The molecule has 4 atom stereocenters. The maximum absolute atomic E-state index is 13.0. The van der Waals surface area contributed by atoms with Gasteiger partial charge in [-0.2, -0.15) is 0 Å². The van der Waals surface area contributed by atoms with Gasteiger partial charge in [-0.3, -0.25) is 9.59 Å². The Morgan fingerprint density at radius 3 is 2.70 bits per heavy atom. The molecule has 4 nitrogen and oxygen atoms in total. The van der Waals surface area contributed by atoms with Crippen LogP contribution in [0.4, 0.5) is 0 Å². The van der Waals surface area contributed by atoms with Crippen LogP contribution in [-0.4, -0.2) is 23.8 Å². The molecule has 3 aliphatic carbocycles. The molecule has 4 aliphatic rings. The van der Waals surface area contributed by atoms with Gasteiger partial charge >= 0.3 is 0 Å². The van der Waals surface area contributed by atoms with Gasteiger partial charge in [-0.15, -0.1) is 0 Å². The highest BCUT2D eigenvalue weighted by Gasteiger charge is 2.64. The molecule has 0 radical (unpaired) electrons. The van der Waals surface area contributed by atoms with E-state index >= 15 is 0 Å². The molecule has 1 aliphatic heterocycles. The molecule has 0 bridgehead atoms. The molecule has 4 heteroatoms. The van der Waals surface area contributed by atoms with Crippen molar-refractivity contribution in [1.82, 2.24) is 0 Å². The van der Waals surface area contributed by atoms with E-state index in [1.165, 1.54) is 11.6 Å². The summed E-state index contributed by atoms with van der Waals surface area (Å²) in [5, 5.41) is 0. The standard InChI is InChI=1S/C23H30O4/c1-6-26-17-12-16(24)20-15(19(17)25)13-22(4)18-9-7-8-14(2)21(18,3)10-11-23(22,5)27-20/h12,18H,2,6-11,13H2,1,3-5H3/t18-,21-,22+,23-/m1/s1. The third kappa shape index (κ3) is 2.34. The van der Waals surface area contributed by atoms with Gasteiger partial charge in [0.05, 0.1) is 12.2 Å². The fraction of sp³-hybridized carbons (Fsp3) is 0.652. The van der Waals surface area contributed by atoms with Crippen molar-refractivity contribution < 1.29 is 19.1 Å². The van der Waals surface area contributed by atoms with Crippen LogP contribution in [-0.2, 0) is 19.1 Å². The highest BCUT2D eigenvalue weighted by Crippen LogP contribution is 2.67. The van der Waals surface area contributed by atoms with Gasteiger partial charge in [-0.25, -0.2) is 0 Å². The van der Waals surface area contributed by atoms with Crippen LogP contribution >= 0.6 is 0 Å². The summed E-state index contributed by atoms with van der Waals surface area (Å²) in [5.41, 5.74) is 1.26. The predicted octanol–water partition coefficient (Wildman–Crippen LogP) is 4.65. The number of ether oxygens (including phenoxy) is 2. The first-order chi connectivity index (χ1) is 12.7. The molecule has 146 valence electrons. The van der Waals surface area contributed by atoms with E-state index in [0.29, 0.717) is 24.5 Å². The largest absolute Gasteiger partial charge is 0.490 e. The lowest BCUT2D eigenvalue weighted by atomic mass is 9.44.